The number of rotatable bonds is 9. The molecule has 36 heavy (non-hydrogen) atoms. The van der Waals surface area contributed by atoms with E-state index < -0.39 is 28.0 Å². The number of nitriles is 1. The van der Waals surface area contributed by atoms with E-state index in [4.69, 9.17) is 4.74 Å². The first-order chi connectivity index (χ1) is 16.9. The third kappa shape index (κ3) is 7.36. The molecule has 0 bridgehead atoms. The average molecular weight is 514 g/mol. The molecule has 0 aliphatic heterocycles. The van der Waals surface area contributed by atoms with Crippen molar-refractivity contribution < 1.29 is 31.5 Å². The Morgan fingerprint density at radius 1 is 0.972 bits per heavy atom. The fourth-order valence-corrected chi connectivity index (χ4v) is 4.94. The molecule has 0 fully saturated rings. The molecule has 0 unspecified atom stereocenters. The van der Waals surface area contributed by atoms with E-state index in [1.165, 1.54) is 30.3 Å². The Bertz CT molecular complexity index is 1390. The first-order valence-corrected chi connectivity index (χ1v) is 12.6. The Labute approximate surface area is 209 Å². The normalized spacial score (nSPS) is 11.7. The molecule has 3 rings (SSSR count). The topological polar surface area (TPSA) is 93.5 Å². The summed E-state index contributed by atoms with van der Waals surface area (Å²) in [6.07, 6.45) is 0.0869. The highest BCUT2D eigenvalue weighted by Gasteiger charge is 2.27. The van der Waals surface area contributed by atoms with Crippen LogP contribution in [-0.4, -0.2) is 26.6 Å². The molecule has 0 aliphatic carbocycles. The van der Waals surface area contributed by atoms with Gasteiger partial charge in [0.05, 0.1) is 11.6 Å². The highest BCUT2D eigenvalue weighted by atomic mass is 32.2. The van der Waals surface area contributed by atoms with E-state index in [2.05, 4.69) is 4.74 Å². The smallest absolute Gasteiger partial charge is 0.387 e. The highest BCUT2D eigenvalue weighted by Crippen LogP contribution is 2.33. The predicted molar refractivity (Wildman–Crippen MR) is 131 cm³/mol. The van der Waals surface area contributed by atoms with Gasteiger partial charge in [-0.15, -0.1) is 0 Å². The predicted octanol–water partition coefficient (Wildman–Crippen LogP) is 6.40. The highest BCUT2D eigenvalue weighted by molar-refractivity contribution is 7.92. The molecule has 0 aliphatic rings. The van der Waals surface area contributed by atoms with Crippen LogP contribution in [0.15, 0.2) is 71.6 Å². The van der Waals surface area contributed by atoms with E-state index in [0.717, 1.165) is 0 Å². The quantitative estimate of drug-likeness (QED) is 0.329. The Balaban J connectivity index is 1.90. The van der Waals surface area contributed by atoms with Crippen LogP contribution in [0.2, 0.25) is 0 Å². The van der Waals surface area contributed by atoms with Gasteiger partial charge in [0.2, 0.25) is 0 Å². The molecule has 3 aromatic rings. The average Bonchev–Trinajstić information content (AvgIpc) is 2.78. The van der Waals surface area contributed by atoms with Gasteiger partial charge in [0, 0.05) is 6.42 Å². The monoisotopic (exact) mass is 513 g/mol. The molecular formula is C27H25F2NO5S. The molecule has 0 N–H and O–H groups in total. The van der Waals surface area contributed by atoms with Crippen molar-refractivity contribution in [2.24, 2.45) is 5.41 Å². The second-order valence-corrected chi connectivity index (χ2v) is 11.3. The van der Waals surface area contributed by atoms with Crippen LogP contribution >= 0.6 is 0 Å². The van der Waals surface area contributed by atoms with Gasteiger partial charge in [-0.2, -0.15) is 14.0 Å². The van der Waals surface area contributed by atoms with E-state index in [9.17, 15) is 27.3 Å². The summed E-state index contributed by atoms with van der Waals surface area (Å²) in [5.41, 5.74) is 1.13. The van der Waals surface area contributed by atoms with Gasteiger partial charge in [-0.1, -0.05) is 45.0 Å². The van der Waals surface area contributed by atoms with E-state index in [0.29, 0.717) is 16.9 Å². The summed E-state index contributed by atoms with van der Waals surface area (Å²) in [5.74, 6) is -0.826. The van der Waals surface area contributed by atoms with E-state index in [1.54, 1.807) is 36.4 Å². The molecule has 0 heterocycles. The number of alkyl halides is 2. The number of carbonyl (C=O) groups is 1. The number of hydrogen-bond acceptors (Lipinski definition) is 6. The van der Waals surface area contributed by atoms with Crippen LogP contribution in [-0.2, 0) is 14.6 Å². The molecule has 0 aromatic heterocycles. The maximum Gasteiger partial charge on any atom is 0.387 e. The molecule has 0 saturated heterocycles. The van der Waals surface area contributed by atoms with Gasteiger partial charge in [0.1, 0.15) is 33.7 Å². The standard InChI is InChI=1S/C27H25F2NO5S/c1-27(2,3)15-21(31)17-36(32,33)25-13-18(16-30)7-12-24(25)34-23-6-4-5-20(14-23)19-8-10-22(11-9-19)35-26(28)29/h4-14,26H,15,17H2,1-3H3. The number of sulfone groups is 1. The largest absolute Gasteiger partial charge is 0.456 e. The van der Waals surface area contributed by atoms with E-state index >= 15 is 0 Å². The third-order valence-electron chi connectivity index (χ3n) is 4.96. The van der Waals surface area contributed by atoms with Crippen molar-refractivity contribution >= 4 is 15.6 Å². The van der Waals surface area contributed by atoms with Crippen molar-refractivity contribution in [1.29, 1.82) is 5.26 Å². The Morgan fingerprint density at radius 2 is 1.67 bits per heavy atom. The number of ether oxygens (including phenoxy) is 2. The summed E-state index contributed by atoms with van der Waals surface area (Å²) in [6.45, 7) is 2.60. The van der Waals surface area contributed by atoms with Gasteiger partial charge in [0.25, 0.3) is 0 Å². The van der Waals surface area contributed by atoms with Gasteiger partial charge in [-0.25, -0.2) is 8.42 Å². The maximum absolute atomic E-state index is 13.1. The molecule has 0 saturated carbocycles. The van der Waals surface area contributed by atoms with Crippen LogP contribution in [0.5, 0.6) is 17.2 Å². The summed E-state index contributed by atoms with van der Waals surface area (Å²) in [5, 5.41) is 9.27. The number of benzene rings is 3. The van der Waals surface area contributed by atoms with Crippen molar-refractivity contribution in [2.75, 3.05) is 5.75 Å². The molecule has 0 amide bonds. The van der Waals surface area contributed by atoms with Crippen LogP contribution in [0.4, 0.5) is 8.78 Å². The Kier molecular flexibility index (Phi) is 8.10. The SMILES string of the molecule is CC(C)(C)CC(=O)CS(=O)(=O)c1cc(C#N)ccc1Oc1cccc(-c2ccc(OC(F)F)cc2)c1. The fraction of sp³-hybridized carbons (Fsp3) is 0.259. The zero-order chi connectivity index (χ0) is 26.5. The summed E-state index contributed by atoms with van der Waals surface area (Å²) in [7, 11) is -4.09. The minimum absolute atomic E-state index is 0.0182. The lowest BCUT2D eigenvalue weighted by atomic mass is 9.90. The molecule has 9 heteroatoms. The summed E-state index contributed by atoms with van der Waals surface area (Å²) in [6, 6.07) is 18.7. The van der Waals surface area contributed by atoms with Gasteiger partial charge in [-0.05, 0) is 59.0 Å². The first kappa shape index (κ1) is 26.8. The van der Waals surface area contributed by atoms with Crippen molar-refractivity contribution in [3.8, 4) is 34.4 Å². The molecular weight excluding hydrogens is 488 g/mol. The number of carbonyl (C=O) groups excluding carboxylic acids is 1. The first-order valence-electron chi connectivity index (χ1n) is 11.0. The minimum Gasteiger partial charge on any atom is -0.456 e. The third-order valence-corrected chi connectivity index (χ3v) is 6.65. The minimum atomic E-state index is -4.09. The van der Waals surface area contributed by atoms with Gasteiger partial charge < -0.3 is 9.47 Å². The second-order valence-electron chi connectivity index (χ2n) is 9.34. The number of hydrogen-bond donors (Lipinski definition) is 0. The lowest BCUT2D eigenvalue weighted by Gasteiger charge is -2.17. The van der Waals surface area contributed by atoms with Crippen LogP contribution < -0.4 is 9.47 Å². The lowest BCUT2D eigenvalue weighted by molar-refractivity contribution is -0.118. The Morgan fingerprint density at radius 3 is 2.28 bits per heavy atom. The lowest BCUT2D eigenvalue weighted by Crippen LogP contribution is -2.21. The zero-order valence-electron chi connectivity index (χ0n) is 20.0. The number of halogens is 2. The Hall–Kier alpha value is -3.77. The number of Topliss-reactive ketones (excluding diaryl/α,β-unsaturated/α-hetero) is 1. The summed E-state index contributed by atoms with van der Waals surface area (Å²) in [4.78, 5) is 12.2. The van der Waals surface area contributed by atoms with Crippen LogP contribution in [0.1, 0.15) is 32.8 Å². The van der Waals surface area contributed by atoms with Crippen molar-refractivity contribution in [3.63, 3.8) is 0 Å². The molecule has 3 aromatic carbocycles. The van der Waals surface area contributed by atoms with Gasteiger partial charge in [0.15, 0.2) is 9.84 Å². The van der Waals surface area contributed by atoms with E-state index in [1.807, 2.05) is 26.8 Å². The van der Waals surface area contributed by atoms with Crippen LogP contribution in [0.25, 0.3) is 11.1 Å². The van der Waals surface area contributed by atoms with Gasteiger partial charge in [-0.3, -0.25) is 4.79 Å². The van der Waals surface area contributed by atoms with Crippen LogP contribution in [0.3, 0.4) is 0 Å². The maximum atomic E-state index is 13.1. The molecule has 0 radical (unpaired) electrons. The molecule has 0 atom stereocenters. The van der Waals surface area contributed by atoms with E-state index in [-0.39, 0.29) is 33.8 Å². The molecule has 188 valence electrons. The molecule has 0 spiro atoms. The van der Waals surface area contributed by atoms with Crippen molar-refractivity contribution in [1.82, 2.24) is 0 Å². The molecule has 6 nitrogen and oxygen atoms in total. The number of ketones is 1. The summed E-state index contributed by atoms with van der Waals surface area (Å²) >= 11 is 0. The van der Waals surface area contributed by atoms with Gasteiger partial charge >= 0.3 is 6.61 Å². The zero-order valence-corrected chi connectivity index (χ0v) is 20.8. The van der Waals surface area contributed by atoms with Crippen molar-refractivity contribution in [3.05, 3.63) is 72.3 Å². The van der Waals surface area contributed by atoms with Crippen molar-refractivity contribution in [2.45, 2.75) is 38.7 Å². The van der Waals surface area contributed by atoms with Crippen LogP contribution in [0, 0.1) is 16.7 Å². The summed E-state index contributed by atoms with van der Waals surface area (Å²) < 4.78 is 61.3. The fourth-order valence-electron chi connectivity index (χ4n) is 3.53. The second kappa shape index (κ2) is 10.9. The number of nitrogens with zero attached hydrogens (tertiary/aromatic N) is 1.